The first-order valence-electron chi connectivity index (χ1n) is 4.93. The second-order valence-corrected chi connectivity index (χ2v) is 3.12. The molecule has 78 valence electrons. The lowest BCUT2D eigenvalue weighted by molar-refractivity contribution is -0.121. The minimum atomic E-state index is 0.131. The van der Waals surface area contributed by atoms with Crippen LogP contribution in [0.5, 0.6) is 0 Å². The monoisotopic (exact) mass is 196 g/mol. The van der Waals surface area contributed by atoms with E-state index in [-0.39, 0.29) is 5.91 Å². The van der Waals surface area contributed by atoms with Crippen LogP contribution in [-0.2, 0) is 11.3 Å². The van der Waals surface area contributed by atoms with Crippen molar-refractivity contribution in [1.29, 1.82) is 0 Å². The van der Waals surface area contributed by atoms with Gasteiger partial charge in [-0.15, -0.1) is 5.10 Å². The van der Waals surface area contributed by atoms with Crippen molar-refractivity contribution in [2.24, 2.45) is 0 Å². The van der Waals surface area contributed by atoms with Crippen molar-refractivity contribution in [3.05, 3.63) is 12.4 Å². The maximum atomic E-state index is 11.1. The van der Waals surface area contributed by atoms with E-state index in [2.05, 4.69) is 15.6 Å². The van der Waals surface area contributed by atoms with Crippen molar-refractivity contribution >= 4 is 5.91 Å². The van der Waals surface area contributed by atoms with Crippen molar-refractivity contribution in [2.75, 3.05) is 6.54 Å². The van der Waals surface area contributed by atoms with E-state index in [1.54, 1.807) is 10.9 Å². The van der Waals surface area contributed by atoms with Crippen LogP contribution in [0.25, 0.3) is 0 Å². The third-order valence-corrected chi connectivity index (χ3v) is 1.84. The molecule has 0 aromatic carbocycles. The number of nitrogens with zero attached hydrogens (tertiary/aromatic N) is 3. The molecule has 0 saturated heterocycles. The highest BCUT2D eigenvalue weighted by Crippen LogP contribution is 1.88. The van der Waals surface area contributed by atoms with E-state index in [0.29, 0.717) is 13.0 Å². The number of hydrogen-bond donors (Lipinski definition) is 1. The summed E-state index contributed by atoms with van der Waals surface area (Å²) in [5.41, 5.74) is 0. The van der Waals surface area contributed by atoms with Gasteiger partial charge in [-0.05, 0) is 12.8 Å². The van der Waals surface area contributed by atoms with Gasteiger partial charge in [-0.2, -0.15) is 0 Å². The zero-order valence-corrected chi connectivity index (χ0v) is 8.44. The Hall–Kier alpha value is -1.39. The van der Waals surface area contributed by atoms with Crippen LogP contribution in [0.2, 0.25) is 0 Å². The smallest absolute Gasteiger partial charge is 0.219 e. The van der Waals surface area contributed by atoms with E-state index in [1.165, 1.54) is 0 Å². The molecular weight excluding hydrogens is 180 g/mol. The van der Waals surface area contributed by atoms with Gasteiger partial charge in [0.1, 0.15) is 0 Å². The third kappa shape index (κ3) is 4.02. The zero-order chi connectivity index (χ0) is 10.2. The number of aryl methyl sites for hydroxylation is 1. The van der Waals surface area contributed by atoms with Crippen molar-refractivity contribution in [1.82, 2.24) is 20.3 Å². The highest BCUT2D eigenvalue weighted by Gasteiger charge is 1.97. The van der Waals surface area contributed by atoms with Crippen LogP contribution in [0.1, 0.15) is 26.2 Å². The summed E-state index contributed by atoms with van der Waals surface area (Å²) in [7, 11) is 0. The Kier molecular flexibility index (Phi) is 4.68. The third-order valence-electron chi connectivity index (χ3n) is 1.84. The molecule has 1 aromatic rings. The summed E-state index contributed by atoms with van der Waals surface area (Å²) in [5, 5.41) is 10.4. The molecule has 0 spiro atoms. The molecule has 1 heterocycles. The molecule has 0 saturated carbocycles. The first-order chi connectivity index (χ1) is 6.83. The van der Waals surface area contributed by atoms with Gasteiger partial charge in [0, 0.05) is 25.7 Å². The predicted octanol–water partition coefficient (Wildman–Crippen LogP) is 0.584. The van der Waals surface area contributed by atoms with E-state index in [1.807, 2.05) is 13.1 Å². The molecule has 0 radical (unpaired) electrons. The summed E-state index contributed by atoms with van der Waals surface area (Å²) in [5.74, 6) is 0.131. The molecule has 5 heteroatoms. The number of aromatic nitrogens is 3. The first kappa shape index (κ1) is 10.7. The Labute approximate surface area is 83.5 Å². The molecule has 1 N–H and O–H groups in total. The van der Waals surface area contributed by atoms with E-state index < -0.39 is 0 Å². The summed E-state index contributed by atoms with van der Waals surface area (Å²) in [4.78, 5) is 11.1. The average molecular weight is 196 g/mol. The number of carbonyl (C=O) groups excluding carboxylic acids is 1. The van der Waals surface area contributed by atoms with Gasteiger partial charge in [0.25, 0.3) is 0 Å². The van der Waals surface area contributed by atoms with Crippen LogP contribution in [0.15, 0.2) is 12.4 Å². The molecule has 0 atom stereocenters. The van der Waals surface area contributed by atoms with Crippen molar-refractivity contribution in [2.45, 2.75) is 32.7 Å². The molecule has 14 heavy (non-hydrogen) atoms. The van der Waals surface area contributed by atoms with Crippen LogP contribution in [0, 0.1) is 0 Å². The Morgan fingerprint density at radius 3 is 3.07 bits per heavy atom. The highest BCUT2D eigenvalue weighted by molar-refractivity contribution is 5.75. The Morgan fingerprint density at radius 2 is 2.43 bits per heavy atom. The van der Waals surface area contributed by atoms with E-state index in [9.17, 15) is 4.79 Å². The molecule has 1 amide bonds. The number of amides is 1. The standard InChI is InChI=1S/C9H16N4O/c1-2-4-9(14)10-5-3-7-13-8-6-11-12-13/h6,8H,2-5,7H2,1H3,(H,10,14). The van der Waals surface area contributed by atoms with Crippen LogP contribution in [0.3, 0.4) is 0 Å². The summed E-state index contributed by atoms with van der Waals surface area (Å²) in [6.45, 7) is 3.50. The highest BCUT2D eigenvalue weighted by atomic mass is 16.1. The maximum absolute atomic E-state index is 11.1. The van der Waals surface area contributed by atoms with Gasteiger partial charge in [-0.3, -0.25) is 9.48 Å². The van der Waals surface area contributed by atoms with E-state index >= 15 is 0 Å². The van der Waals surface area contributed by atoms with Gasteiger partial charge in [0.05, 0.1) is 6.20 Å². The van der Waals surface area contributed by atoms with Gasteiger partial charge in [0.2, 0.25) is 5.91 Å². The van der Waals surface area contributed by atoms with Crippen molar-refractivity contribution in [3.63, 3.8) is 0 Å². The second-order valence-electron chi connectivity index (χ2n) is 3.12. The van der Waals surface area contributed by atoms with Crippen molar-refractivity contribution < 1.29 is 4.79 Å². The van der Waals surface area contributed by atoms with Gasteiger partial charge in [0.15, 0.2) is 0 Å². The molecule has 0 aliphatic heterocycles. The fourth-order valence-corrected chi connectivity index (χ4v) is 1.14. The average Bonchev–Trinajstić information content (AvgIpc) is 2.65. The largest absolute Gasteiger partial charge is 0.356 e. The lowest BCUT2D eigenvalue weighted by Gasteiger charge is -2.03. The molecule has 0 aliphatic rings. The van der Waals surface area contributed by atoms with Gasteiger partial charge in [-0.25, -0.2) is 0 Å². The van der Waals surface area contributed by atoms with Gasteiger partial charge >= 0.3 is 0 Å². The van der Waals surface area contributed by atoms with Crippen molar-refractivity contribution in [3.8, 4) is 0 Å². The molecule has 1 rings (SSSR count). The molecule has 0 aliphatic carbocycles. The zero-order valence-electron chi connectivity index (χ0n) is 8.44. The summed E-state index contributed by atoms with van der Waals surface area (Å²) in [6.07, 6.45) is 5.86. The molecule has 0 fully saturated rings. The molecule has 0 unspecified atom stereocenters. The van der Waals surface area contributed by atoms with Crippen LogP contribution in [0.4, 0.5) is 0 Å². The van der Waals surface area contributed by atoms with Crippen LogP contribution >= 0.6 is 0 Å². The number of hydrogen-bond acceptors (Lipinski definition) is 3. The van der Waals surface area contributed by atoms with Gasteiger partial charge in [-0.1, -0.05) is 12.1 Å². The fourth-order valence-electron chi connectivity index (χ4n) is 1.14. The number of nitrogens with one attached hydrogen (secondary N) is 1. The number of rotatable bonds is 6. The number of carbonyl (C=O) groups is 1. The normalized spacial score (nSPS) is 10.1. The Balaban J connectivity index is 2.02. The molecular formula is C9H16N4O. The van der Waals surface area contributed by atoms with Gasteiger partial charge < -0.3 is 5.32 Å². The Bertz CT molecular complexity index is 258. The molecule has 0 bridgehead atoms. The summed E-state index contributed by atoms with van der Waals surface area (Å²) < 4.78 is 1.76. The summed E-state index contributed by atoms with van der Waals surface area (Å²) in [6, 6.07) is 0. The quantitative estimate of drug-likeness (QED) is 0.677. The van der Waals surface area contributed by atoms with E-state index in [4.69, 9.17) is 0 Å². The summed E-state index contributed by atoms with van der Waals surface area (Å²) >= 11 is 0. The second kappa shape index (κ2) is 6.12. The topological polar surface area (TPSA) is 59.8 Å². The predicted molar refractivity (Wildman–Crippen MR) is 52.6 cm³/mol. The molecule has 5 nitrogen and oxygen atoms in total. The van der Waals surface area contributed by atoms with E-state index in [0.717, 1.165) is 19.4 Å². The van der Waals surface area contributed by atoms with Crippen LogP contribution < -0.4 is 5.32 Å². The lowest BCUT2D eigenvalue weighted by Crippen LogP contribution is -2.24. The maximum Gasteiger partial charge on any atom is 0.219 e. The minimum Gasteiger partial charge on any atom is -0.356 e. The SMILES string of the molecule is CCCC(=O)NCCCn1ccnn1. The minimum absolute atomic E-state index is 0.131. The lowest BCUT2D eigenvalue weighted by atomic mass is 10.3. The fraction of sp³-hybridized carbons (Fsp3) is 0.667. The van der Waals surface area contributed by atoms with Crippen LogP contribution in [-0.4, -0.2) is 27.4 Å². The Morgan fingerprint density at radius 1 is 1.57 bits per heavy atom. The first-order valence-corrected chi connectivity index (χ1v) is 4.93. The molecule has 1 aromatic heterocycles.